The fourth-order valence-corrected chi connectivity index (χ4v) is 2.31. The van der Waals surface area contributed by atoms with Gasteiger partial charge in [-0.3, -0.25) is 9.59 Å². The van der Waals surface area contributed by atoms with Crippen molar-refractivity contribution in [1.82, 2.24) is 5.32 Å². The number of benzene rings is 2. The molecule has 2 aromatic rings. The molecule has 0 aromatic heterocycles. The number of hydrogen-bond acceptors (Lipinski definition) is 5. The summed E-state index contributed by atoms with van der Waals surface area (Å²) in [5.74, 6) is -1.90. The number of esters is 1. The predicted octanol–water partition coefficient (Wildman–Crippen LogP) is 2.11. The van der Waals surface area contributed by atoms with Crippen molar-refractivity contribution in [3.63, 3.8) is 0 Å². The third kappa shape index (κ3) is 6.65. The summed E-state index contributed by atoms with van der Waals surface area (Å²) < 4.78 is 5.03. The molecule has 0 atom stereocenters. The fraction of sp³-hybridized carbons (Fsp3) is 0.200. The van der Waals surface area contributed by atoms with Crippen LogP contribution in [0.25, 0.3) is 0 Å². The van der Waals surface area contributed by atoms with Crippen molar-refractivity contribution in [3.05, 3.63) is 59.7 Å². The van der Waals surface area contributed by atoms with Gasteiger partial charge in [-0.15, -0.1) is 0 Å². The smallest absolute Gasteiger partial charge is 0.340 e. The molecule has 2 rings (SSSR count). The van der Waals surface area contributed by atoms with Crippen LogP contribution in [0.1, 0.15) is 34.6 Å². The standard InChI is InChI=1S/C20H22N4O5/c1-12(2)22-20(28)24-16-6-4-3-5-15(16)19(27)29-11-17(25)23-14-9-7-13(8-10-14)18(21)26/h3-10,12H,11H2,1-2H3,(H2,21,26)(H,23,25)(H2,22,24,28). The van der Waals surface area contributed by atoms with Crippen molar-refractivity contribution >= 4 is 35.2 Å². The van der Waals surface area contributed by atoms with Crippen LogP contribution in [-0.4, -0.2) is 36.5 Å². The first-order chi connectivity index (χ1) is 13.8. The van der Waals surface area contributed by atoms with Crippen molar-refractivity contribution in [3.8, 4) is 0 Å². The maximum Gasteiger partial charge on any atom is 0.340 e. The van der Waals surface area contributed by atoms with Crippen LogP contribution in [0.5, 0.6) is 0 Å². The van der Waals surface area contributed by atoms with Gasteiger partial charge < -0.3 is 26.4 Å². The van der Waals surface area contributed by atoms with E-state index in [9.17, 15) is 19.2 Å². The largest absolute Gasteiger partial charge is 0.452 e. The highest BCUT2D eigenvalue weighted by Crippen LogP contribution is 2.16. The monoisotopic (exact) mass is 398 g/mol. The number of primary amides is 1. The third-order valence-corrected chi connectivity index (χ3v) is 3.60. The molecule has 152 valence electrons. The van der Waals surface area contributed by atoms with E-state index in [0.717, 1.165) is 0 Å². The van der Waals surface area contributed by atoms with E-state index in [0.29, 0.717) is 11.3 Å². The van der Waals surface area contributed by atoms with Crippen LogP contribution < -0.4 is 21.7 Å². The Morgan fingerprint density at radius 2 is 1.62 bits per heavy atom. The fourth-order valence-electron chi connectivity index (χ4n) is 2.31. The molecule has 0 spiro atoms. The van der Waals surface area contributed by atoms with Crippen LogP contribution in [0.3, 0.4) is 0 Å². The molecule has 0 aliphatic carbocycles. The van der Waals surface area contributed by atoms with Crippen LogP contribution in [0, 0.1) is 0 Å². The summed E-state index contributed by atoms with van der Waals surface area (Å²) in [6, 6.07) is 11.7. The molecule has 2 aromatic carbocycles. The van der Waals surface area contributed by atoms with E-state index in [2.05, 4.69) is 16.0 Å². The first-order valence-corrected chi connectivity index (χ1v) is 8.79. The highest BCUT2D eigenvalue weighted by atomic mass is 16.5. The predicted molar refractivity (Wildman–Crippen MR) is 108 cm³/mol. The summed E-state index contributed by atoms with van der Waals surface area (Å²) in [4.78, 5) is 47.2. The first-order valence-electron chi connectivity index (χ1n) is 8.79. The molecule has 0 fully saturated rings. The van der Waals surface area contributed by atoms with Crippen molar-refractivity contribution in [2.24, 2.45) is 5.73 Å². The van der Waals surface area contributed by atoms with E-state index in [1.165, 1.54) is 30.3 Å². The molecule has 0 heterocycles. The Morgan fingerprint density at radius 1 is 0.966 bits per heavy atom. The Kier molecular flexibility index (Phi) is 7.30. The van der Waals surface area contributed by atoms with Gasteiger partial charge in [-0.2, -0.15) is 0 Å². The second-order valence-corrected chi connectivity index (χ2v) is 6.36. The van der Waals surface area contributed by atoms with Crippen LogP contribution in [0.15, 0.2) is 48.5 Å². The first kappa shape index (κ1) is 21.4. The van der Waals surface area contributed by atoms with Gasteiger partial charge in [0.2, 0.25) is 5.91 Å². The van der Waals surface area contributed by atoms with Gasteiger partial charge in [0.15, 0.2) is 6.61 Å². The van der Waals surface area contributed by atoms with Gasteiger partial charge in [0.25, 0.3) is 5.91 Å². The highest BCUT2D eigenvalue weighted by Gasteiger charge is 2.16. The quantitative estimate of drug-likeness (QED) is 0.529. The average Bonchev–Trinajstić information content (AvgIpc) is 2.66. The second-order valence-electron chi connectivity index (χ2n) is 6.36. The molecule has 0 saturated carbocycles. The lowest BCUT2D eigenvalue weighted by Crippen LogP contribution is -2.34. The number of rotatable bonds is 7. The summed E-state index contributed by atoms with van der Waals surface area (Å²) in [6.07, 6.45) is 0. The molecular weight excluding hydrogens is 376 g/mol. The number of urea groups is 1. The normalized spacial score (nSPS) is 10.2. The summed E-state index contributed by atoms with van der Waals surface area (Å²) in [5.41, 5.74) is 6.26. The third-order valence-electron chi connectivity index (χ3n) is 3.60. The van der Waals surface area contributed by atoms with Crippen LogP contribution in [-0.2, 0) is 9.53 Å². The zero-order chi connectivity index (χ0) is 21.4. The van der Waals surface area contributed by atoms with E-state index in [4.69, 9.17) is 10.5 Å². The van der Waals surface area contributed by atoms with Crippen molar-refractivity contribution in [2.45, 2.75) is 19.9 Å². The topological polar surface area (TPSA) is 140 Å². The minimum absolute atomic E-state index is 0.0742. The Bertz CT molecular complexity index is 909. The van der Waals surface area contributed by atoms with E-state index < -0.39 is 30.4 Å². The van der Waals surface area contributed by atoms with E-state index >= 15 is 0 Å². The van der Waals surface area contributed by atoms with Gasteiger partial charge in [-0.1, -0.05) is 12.1 Å². The maximum atomic E-state index is 12.3. The van der Waals surface area contributed by atoms with E-state index in [1.54, 1.807) is 32.0 Å². The summed E-state index contributed by atoms with van der Waals surface area (Å²) in [7, 11) is 0. The Balaban J connectivity index is 1.94. The number of anilines is 2. The Labute approximate surface area is 167 Å². The number of carbonyl (C=O) groups is 4. The molecule has 9 nitrogen and oxygen atoms in total. The molecule has 5 N–H and O–H groups in total. The molecule has 0 radical (unpaired) electrons. The van der Waals surface area contributed by atoms with Gasteiger partial charge in [0.05, 0.1) is 11.3 Å². The molecule has 0 bridgehead atoms. The van der Waals surface area contributed by atoms with Gasteiger partial charge in [-0.05, 0) is 50.2 Å². The zero-order valence-corrected chi connectivity index (χ0v) is 16.0. The summed E-state index contributed by atoms with van der Waals surface area (Å²) >= 11 is 0. The minimum atomic E-state index is -0.760. The maximum absolute atomic E-state index is 12.3. The van der Waals surface area contributed by atoms with Gasteiger partial charge >= 0.3 is 12.0 Å². The lowest BCUT2D eigenvalue weighted by atomic mass is 10.2. The molecule has 4 amide bonds. The molecule has 0 aliphatic heterocycles. The van der Waals surface area contributed by atoms with E-state index in [1.807, 2.05) is 0 Å². The van der Waals surface area contributed by atoms with Gasteiger partial charge in [0, 0.05) is 17.3 Å². The average molecular weight is 398 g/mol. The number of nitrogens with two attached hydrogens (primary N) is 1. The number of nitrogens with one attached hydrogen (secondary N) is 3. The van der Waals surface area contributed by atoms with Gasteiger partial charge in [0.1, 0.15) is 0 Å². The molecule has 0 aliphatic rings. The van der Waals surface area contributed by atoms with Crippen LogP contribution in [0.2, 0.25) is 0 Å². The number of carbonyl (C=O) groups excluding carboxylic acids is 4. The number of hydrogen-bond donors (Lipinski definition) is 4. The minimum Gasteiger partial charge on any atom is -0.452 e. The van der Waals surface area contributed by atoms with Crippen LogP contribution in [0.4, 0.5) is 16.2 Å². The zero-order valence-electron chi connectivity index (χ0n) is 16.0. The van der Waals surface area contributed by atoms with Crippen molar-refractivity contribution in [1.29, 1.82) is 0 Å². The second kappa shape index (κ2) is 9.88. The van der Waals surface area contributed by atoms with Crippen molar-refractivity contribution in [2.75, 3.05) is 17.2 Å². The summed E-state index contributed by atoms with van der Waals surface area (Å²) in [6.45, 7) is 3.09. The lowest BCUT2D eigenvalue weighted by Gasteiger charge is -2.13. The van der Waals surface area contributed by atoms with Gasteiger partial charge in [-0.25, -0.2) is 9.59 Å². The van der Waals surface area contributed by atoms with Crippen molar-refractivity contribution < 1.29 is 23.9 Å². The number of ether oxygens (including phenoxy) is 1. The molecular formula is C20H22N4O5. The number of amides is 4. The molecule has 9 heteroatoms. The van der Waals surface area contributed by atoms with E-state index in [-0.39, 0.29) is 17.3 Å². The lowest BCUT2D eigenvalue weighted by molar-refractivity contribution is -0.119. The SMILES string of the molecule is CC(C)NC(=O)Nc1ccccc1C(=O)OCC(=O)Nc1ccc(C(N)=O)cc1. The molecule has 0 unspecified atom stereocenters. The molecule has 29 heavy (non-hydrogen) atoms. The Morgan fingerprint density at radius 3 is 2.24 bits per heavy atom. The van der Waals surface area contributed by atoms with Crippen LogP contribution >= 0.6 is 0 Å². The summed E-state index contributed by atoms with van der Waals surface area (Å²) in [5, 5.41) is 7.76. The highest BCUT2D eigenvalue weighted by molar-refractivity contribution is 6.02. The number of para-hydroxylation sites is 1. The molecule has 0 saturated heterocycles. The Hall–Kier alpha value is -3.88.